The summed E-state index contributed by atoms with van der Waals surface area (Å²) in [5.41, 5.74) is 2.03. The number of nitrogens with one attached hydrogen (secondary N) is 1. The molecule has 1 atom stereocenters. The van der Waals surface area contributed by atoms with Gasteiger partial charge in [-0.3, -0.25) is 14.8 Å². The van der Waals surface area contributed by atoms with Crippen LogP contribution < -0.4 is 5.32 Å². The Morgan fingerprint density at radius 3 is 2.87 bits per heavy atom. The lowest BCUT2D eigenvalue weighted by molar-refractivity contribution is -0.139. The molecule has 0 bridgehead atoms. The second-order valence-corrected chi connectivity index (χ2v) is 3.54. The van der Waals surface area contributed by atoms with Gasteiger partial charge in [0.1, 0.15) is 6.04 Å². The molecule has 0 saturated heterocycles. The van der Waals surface area contributed by atoms with Gasteiger partial charge >= 0.3 is 5.97 Å². The zero-order valence-corrected chi connectivity index (χ0v) is 9.32. The fraction of sp³-hybridized carbons (Fsp3) is 0.600. The van der Waals surface area contributed by atoms with E-state index in [-0.39, 0.29) is 0 Å². The highest BCUT2D eigenvalue weighted by Crippen LogP contribution is 2.03. The monoisotopic (exact) mass is 211 g/mol. The third kappa shape index (κ3) is 3.06. The summed E-state index contributed by atoms with van der Waals surface area (Å²) in [7, 11) is 1.86. The molecule has 0 aliphatic rings. The summed E-state index contributed by atoms with van der Waals surface area (Å²) in [4.78, 5) is 10.6. The number of carbonyl (C=O) groups is 1. The van der Waals surface area contributed by atoms with E-state index in [1.165, 1.54) is 0 Å². The van der Waals surface area contributed by atoms with E-state index in [1.54, 1.807) is 11.6 Å². The van der Waals surface area contributed by atoms with E-state index in [9.17, 15) is 4.79 Å². The van der Waals surface area contributed by atoms with Crippen molar-refractivity contribution in [3.05, 3.63) is 17.5 Å². The van der Waals surface area contributed by atoms with Gasteiger partial charge in [-0.25, -0.2) is 0 Å². The van der Waals surface area contributed by atoms with Crippen molar-refractivity contribution in [2.45, 2.75) is 32.9 Å². The fourth-order valence-electron chi connectivity index (χ4n) is 1.25. The first-order valence-electron chi connectivity index (χ1n) is 5.02. The quantitative estimate of drug-likeness (QED) is 0.746. The van der Waals surface area contributed by atoms with Gasteiger partial charge in [0.2, 0.25) is 0 Å². The molecule has 1 aromatic rings. The van der Waals surface area contributed by atoms with E-state index in [0.29, 0.717) is 6.54 Å². The van der Waals surface area contributed by atoms with Crippen molar-refractivity contribution in [3.8, 4) is 0 Å². The lowest BCUT2D eigenvalue weighted by Gasteiger charge is -2.08. The van der Waals surface area contributed by atoms with Crippen LogP contribution in [-0.2, 0) is 24.8 Å². The second-order valence-electron chi connectivity index (χ2n) is 3.54. The van der Waals surface area contributed by atoms with Gasteiger partial charge in [-0.05, 0) is 19.4 Å². The zero-order valence-electron chi connectivity index (χ0n) is 9.32. The number of carboxylic acids is 1. The molecule has 5 heteroatoms. The van der Waals surface area contributed by atoms with Gasteiger partial charge in [0.05, 0.1) is 11.4 Å². The largest absolute Gasteiger partial charge is 0.480 e. The number of nitrogens with zero attached hydrogens (tertiary/aromatic N) is 2. The van der Waals surface area contributed by atoms with Crippen LogP contribution in [0.25, 0.3) is 0 Å². The Kier molecular flexibility index (Phi) is 3.85. The number of hydrogen-bond acceptors (Lipinski definition) is 3. The maximum Gasteiger partial charge on any atom is 0.320 e. The minimum atomic E-state index is -0.840. The number of hydrogen-bond donors (Lipinski definition) is 2. The number of aryl methyl sites for hydroxylation is 2. The summed E-state index contributed by atoms with van der Waals surface area (Å²) in [6.07, 6.45) is 0.891. The van der Waals surface area contributed by atoms with Crippen LogP contribution in [0.15, 0.2) is 6.07 Å². The average Bonchev–Trinajstić information content (AvgIpc) is 2.55. The van der Waals surface area contributed by atoms with Crippen LogP contribution >= 0.6 is 0 Å². The van der Waals surface area contributed by atoms with Gasteiger partial charge in [0.25, 0.3) is 0 Å². The highest BCUT2D eigenvalue weighted by atomic mass is 16.4. The molecule has 0 amide bonds. The Balaban J connectivity index is 2.57. The van der Waals surface area contributed by atoms with Crippen molar-refractivity contribution in [2.75, 3.05) is 0 Å². The maximum atomic E-state index is 10.6. The molecule has 2 N–H and O–H groups in total. The molecule has 0 fully saturated rings. The zero-order chi connectivity index (χ0) is 11.4. The normalized spacial score (nSPS) is 12.7. The molecule has 0 aromatic carbocycles. The topological polar surface area (TPSA) is 67.2 Å². The molecule has 0 radical (unpaired) electrons. The Bertz CT molecular complexity index is 346. The molecule has 5 nitrogen and oxygen atoms in total. The van der Waals surface area contributed by atoms with Gasteiger partial charge < -0.3 is 5.11 Å². The Hall–Kier alpha value is -1.36. The van der Waals surface area contributed by atoms with Crippen molar-refractivity contribution in [2.24, 2.45) is 7.05 Å². The van der Waals surface area contributed by atoms with Gasteiger partial charge in [-0.1, -0.05) is 6.92 Å². The third-order valence-electron chi connectivity index (χ3n) is 2.35. The molecule has 0 spiro atoms. The lowest BCUT2D eigenvalue weighted by Crippen LogP contribution is -2.33. The molecule has 1 heterocycles. The summed E-state index contributed by atoms with van der Waals surface area (Å²) in [5.74, 6) is -0.840. The van der Waals surface area contributed by atoms with Crippen LogP contribution in [0.1, 0.15) is 25.2 Å². The highest BCUT2D eigenvalue weighted by molar-refractivity contribution is 5.72. The molecule has 0 saturated carbocycles. The molecular formula is C10H17N3O2. The first kappa shape index (κ1) is 11.7. The van der Waals surface area contributed by atoms with E-state index in [2.05, 4.69) is 10.4 Å². The third-order valence-corrected chi connectivity index (χ3v) is 2.35. The van der Waals surface area contributed by atoms with E-state index in [1.807, 2.05) is 20.0 Å². The molecule has 15 heavy (non-hydrogen) atoms. The number of rotatable bonds is 5. The summed E-state index contributed by atoms with van der Waals surface area (Å²) in [6.45, 7) is 4.19. The van der Waals surface area contributed by atoms with Crippen molar-refractivity contribution < 1.29 is 9.90 Å². The summed E-state index contributed by atoms with van der Waals surface area (Å²) in [5, 5.41) is 15.9. The predicted molar refractivity (Wildman–Crippen MR) is 56.5 cm³/mol. The molecule has 1 rings (SSSR count). The Labute approximate surface area is 89.1 Å². The van der Waals surface area contributed by atoms with E-state index in [4.69, 9.17) is 5.11 Å². The number of aliphatic carboxylic acids is 1. The fourth-order valence-corrected chi connectivity index (χ4v) is 1.25. The highest BCUT2D eigenvalue weighted by Gasteiger charge is 2.11. The van der Waals surface area contributed by atoms with Gasteiger partial charge in [-0.2, -0.15) is 5.10 Å². The molecule has 1 aromatic heterocycles. The summed E-state index contributed by atoms with van der Waals surface area (Å²) < 4.78 is 1.78. The minimum absolute atomic E-state index is 0.525. The molecule has 0 aliphatic carbocycles. The molecule has 0 unspecified atom stereocenters. The molecule has 0 aliphatic heterocycles. The molecular weight excluding hydrogens is 194 g/mol. The standard InChI is InChI=1S/C10H17N3O2/c1-4-8-5-9(13(3)12-8)6-11-7(2)10(14)15/h5,7,11H,4,6H2,1-3H3,(H,14,15)/t7-/m0/s1. The summed E-state index contributed by atoms with van der Waals surface area (Å²) >= 11 is 0. The van der Waals surface area contributed by atoms with E-state index >= 15 is 0 Å². The second kappa shape index (κ2) is 4.93. The van der Waals surface area contributed by atoms with Gasteiger partial charge in [0, 0.05) is 13.6 Å². The van der Waals surface area contributed by atoms with Crippen molar-refractivity contribution in [1.82, 2.24) is 15.1 Å². The van der Waals surface area contributed by atoms with Gasteiger partial charge in [-0.15, -0.1) is 0 Å². The average molecular weight is 211 g/mol. The Morgan fingerprint density at radius 2 is 2.40 bits per heavy atom. The first-order valence-corrected chi connectivity index (χ1v) is 5.02. The smallest absolute Gasteiger partial charge is 0.320 e. The Morgan fingerprint density at radius 1 is 1.73 bits per heavy atom. The summed E-state index contributed by atoms with van der Waals surface area (Å²) in [6, 6.07) is 1.45. The van der Waals surface area contributed by atoms with Crippen LogP contribution in [-0.4, -0.2) is 26.9 Å². The van der Waals surface area contributed by atoms with E-state index in [0.717, 1.165) is 17.8 Å². The van der Waals surface area contributed by atoms with Crippen molar-refractivity contribution in [1.29, 1.82) is 0 Å². The van der Waals surface area contributed by atoms with Crippen molar-refractivity contribution in [3.63, 3.8) is 0 Å². The van der Waals surface area contributed by atoms with Crippen LogP contribution in [0, 0.1) is 0 Å². The van der Waals surface area contributed by atoms with Crippen LogP contribution in [0.4, 0.5) is 0 Å². The predicted octanol–water partition coefficient (Wildman–Crippen LogP) is 0.545. The number of aromatic nitrogens is 2. The molecule has 84 valence electrons. The number of carboxylic acid groups (broad SMARTS) is 1. The van der Waals surface area contributed by atoms with Gasteiger partial charge in [0.15, 0.2) is 0 Å². The first-order chi connectivity index (χ1) is 7.04. The van der Waals surface area contributed by atoms with Crippen LogP contribution in [0.2, 0.25) is 0 Å². The van der Waals surface area contributed by atoms with Crippen molar-refractivity contribution >= 4 is 5.97 Å². The van der Waals surface area contributed by atoms with E-state index < -0.39 is 12.0 Å². The maximum absolute atomic E-state index is 10.6. The minimum Gasteiger partial charge on any atom is -0.480 e. The lowest BCUT2D eigenvalue weighted by atomic mass is 10.3. The van der Waals surface area contributed by atoms with Crippen LogP contribution in [0.3, 0.4) is 0 Å². The van der Waals surface area contributed by atoms with Crippen LogP contribution in [0.5, 0.6) is 0 Å². The SMILES string of the molecule is CCc1cc(CN[C@@H](C)C(=O)O)n(C)n1.